The van der Waals surface area contributed by atoms with E-state index in [1.165, 1.54) is 0 Å². The average Bonchev–Trinajstić information content (AvgIpc) is 2.57. The maximum atomic E-state index is 12.1. The Morgan fingerprint density at radius 1 is 1.12 bits per heavy atom. The minimum absolute atomic E-state index is 0.0821. The summed E-state index contributed by atoms with van der Waals surface area (Å²) < 4.78 is 40.5. The van der Waals surface area contributed by atoms with Gasteiger partial charge in [0.25, 0.3) is 0 Å². The second-order valence-corrected chi connectivity index (χ2v) is 6.63. The molecule has 1 heterocycles. The van der Waals surface area contributed by atoms with Crippen molar-refractivity contribution < 1.29 is 22.7 Å². The van der Waals surface area contributed by atoms with Crippen LogP contribution in [0.25, 0.3) is 0 Å². The molecule has 0 bridgehead atoms. The molecule has 0 aliphatic carbocycles. The summed E-state index contributed by atoms with van der Waals surface area (Å²) in [6.45, 7) is 2.98. The van der Waals surface area contributed by atoms with Crippen molar-refractivity contribution in [2.75, 3.05) is 57.8 Å². The average molecular weight is 394 g/mol. The third kappa shape index (κ3) is 8.35. The lowest BCUT2D eigenvalue weighted by Gasteiger charge is -2.34. The number of piperazine rings is 1. The summed E-state index contributed by atoms with van der Waals surface area (Å²) in [6, 6.07) is 6.93. The van der Waals surface area contributed by atoms with Gasteiger partial charge in [0.15, 0.2) is 0 Å². The summed E-state index contributed by atoms with van der Waals surface area (Å²) in [5, 5.41) is 3.44. The Kier molecular flexibility index (Phi) is 8.15. The first kappa shape index (κ1) is 21.0. The van der Waals surface area contributed by atoms with Crippen LogP contribution >= 0.6 is 11.6 Å². The molecule has 1 amide bonds. The topological polar surface area (TPSA) is 44.8 Å². The minimum Gasteiger partial charge on any atom is -0.372 e. The van der Waals surface area contributed by atoms with Gasteiger partial charge in [0.2, 0.25) is 5.91 Å². The number of ether oxygens (including phenoxy) is 1. The zero-order chi connectivity index (χ0) is 19.0. The van der Waals surface area contributed by atoms with Crippen molar-refractivity contribution in [3.8, 4) is 0 Å². The lowest BCUT2D eigenvalue weighted by molar-refractivity contribution is -0.174. The van der Waals surface area contributed by atoms with Crippen LogP contribution in [-0.4, -0.2) is 74.4 Å². The predicted octanol–water partition coefficient (Wildman–Crippen LogP) is 2.87. The molecule has 1 aliphatic heterocycles. The number of amides is 1. The molecule has 0 spiro atoms. The van der Waals surface area contributed by atoms with Gasteiger partial charge in [0.1, 0.15) is 6.61 Å². The number of carbonyl (C=O) groups excluding carboxylic acids is 1. The molecule has 1 fully saturated rings. The molecule has 0 atom stereocenters. The highest BCUT2D eigenvalue weighted by atomic mass is 35.5. The minimum atomic E-state index is -4.27. The molecule has 0 aromatic heterocycles. The molecule has 9 heteroatoms. The summed E-state index contributed by atoms with van der Waals surface area (Å²) in [4.78, 5) is 16.3. The van der Waals surface area contributed by atoms with Crippen LogP contribution in [0.15, 0.2) is 24.3 Å². The fraction of sp³-hybridized carbons (Fsp3) is 0.588. The molecule has 5 nitrogen and oxygen atoms in total. The van der Waals surface area contributed by atoms with Crippen molar-refractivity contribution in [3.63, 3.8) is 0 Å². The number of rotatable bonds is 8. The highest BCUT2D eigenvalue weighted by Gasteiger charge is 2.27. The van der Waals surface area contributed by atoms with Gasteiger partial charge in [-0.2, -0.15) is 13.2 Å². The molecule has 1 aromatic carbocycles. The van der Waals surface area contributed by atoms with Gasteiger partial charge in [-0.25, -0.2) is 0 Å². The number of anilines is 1. The zero-order valence-electron chi connectivity index (χ0n) is 14.4. The Morgan fingerprint density at radius 2 is 1.73 bits per heavy atom. The number of benzene rings is 1. The fourth-order valence-corrected chi connectivity index (χ4v) is 2.81. The Bertz CT molecular complexity index is 561. The second kappa shape index (κ2) is 10.1. The predicted molar refractivity (Wildman–Crippen MR) is 94.5 cm³/mol. The molecule has 146 valence electrons. The van der Waals surface area contributed by atoms with E-state index in [0.717, 1.165) is 26.2 Å². The van der Waals surface area contributed by atoms with Crippen LogP contribution < -0.4 is 5.32 Å². The molecule has 1 aliphatic rings. The number of nitrogens with zero attached hydrogens (tertiary/aromatic N) is 2. The second-order valence-electron chi connectivity index (χ2n) is 6.19. The summed E-state index contributed by atoms with van der Waals surface area (Å²) >= 11 is 5.81. The van der Waals surface area contributed by atoms with E-state index in [4.69, 9.17) is 11.6 Å². The molecule has 0 radical (unpaired) electrons. The number of carbonyl (C=O) groups is 1. The Balaban J connectivity index is 1.58. The number of hydrogen-bond acceptors (Lipinski definition) is 4. The molecule has 1 aromatic rings. The monoisotopic (exact) mass is 393 g/mol. The van der Waals surface area contributed by atoms with E-state index < -0.39 is 12.8 Å². The van der Waals surface area contributed by atoms with Gasteiger partial charge in [-0.1, -0.05) is 11.6 Å². The van der Waals surface area contributed by atoms with E-state index in [0.29, 0.717) is 30.2 Å². The molecule has 1 saturated heterocycles. The molecule has 1 N–H and O–H groups in total. The van der Waals surface area contributed by atoms with E-state index in [2.05, 4.69) is 19.9 Å². The van der Waals surface area contributed by atoms with Crippen molar-refractivity contribution in [1.82, 2.24) is 9.80 Å². The maximum absolute atomic E-state index is 12.1. The lowest BCUT2D eigenvalue weighted by atomic mass is 10.2. The number of nitrogens with one attached hydrogen (secondary N) is 1. The molecule has 2 rings (SSSR count). The fourth-order valence-electron chi connectivity index (χ4n) is 2.69. The van der Waals surface area contributed by atoms with Crippen molar-refractivity contribution in [3.05, 3.63) is 29.3 Å². The van der Waals surface area contributed by atoms with Crippen LogP contribution in [0.3, 0.4) is 0 Å². The van der Waals surface area contributed by atoms with Gasteiger partial charge in [0, 0.05) is 50.0 Å². The highest BCUT2D eigenvalue weighted by molar-refractivity contribution is 6.30. The van der Waals surface area contributed by atoms with Gasteiger partial charge < -0.3 is 15.0 Å². The van der Waals surface area contributed by atoms with Crippen molar-refractivity contribution in [2.24, 2.45) is 0 Å². The van der Waals surface area contributed by atoms with Crippen LogP contribution in [0.2, 0.25) is 5.02 Å². The Hall–Kier alpha value is -1.35. The maximum Gasteiger partial charge on any atom is 0.411 e. The summed E-state index contributed by atoms with van der Waals surface area (Å²) in [5.74, 6) is -0.0821. The van der Waals surface area contributed by atoms with Crippen LogP contribution in [-0.2, 0) is 9.53 Å². The Labute approximate surface area is 156 Å². The normalized spacial score (nSPS) is 16.6. The Morgan fingerprint density at radius 3 is 2.35 bits per heavy atom. The first-order valence-corrected chi connectivity index (χ1v) is 8.84. The SMILES string of the molecule is O=C(CN1CCN(CCCOCC(F)(F)F)CC1)Nc1ccc(Cl)cc1. The van der Waals surface area contributed by atoms with Gasteiger partial charge >= 0.3 is 6.18 Å². The lowest BCUT2D eigenvalue weighted by Crippen LogP contribution is -2.48. The van der Waals surface area contributed by atoms with Gasteiger partial charge in [-0.15, -0.1) is 0 Å². The number of alkyl halides is 3. The number of hydrogen-bond donors (Lipinski definition) is 1. The largest absolute Gasteiger partial charge is 0.411 e. The molecular formula is C17H23ClF3N3O2. The van der Waals surface area contributed by atoms with Crippen molar-refractivity contribution in [1.29, 1.82) is 0 Å². The highest BCUT2D eigenvalue weighted by Crippen LogP contribution is 2.15. The summed E-state index contributed by atoms with van der Waals surface area (Å²) in [7, 11) is 0. The van der Waals surface area contributed by atoms with Gasteiger partial charge in [-0.3, -0.25) is 9.69 Å². The van der Waals surface area contributed by atoms with Crippen molar-refractivity contribution in [2.45, 2.75) is 12.6 Å². The molecule has 0 saturated carbocycles. The molecular weight excluding hydrogens is 371 g/mol. The van der Waals surface area contributed by atoms with Crippen LogP contribution in [0.1, 0.15) is 6.42 Å². The quantitative estimate of drug-likeness (QED) is 0.690. The van der Waals surface area contributed by atoms with Gasteiger partial charge in [-0.05, 0) is 30.7 Å². The third-order valence-electron chi connectivity index (χ3n) is 3.99. The first-order chi connectivity index (χ1) is 12.3. The zero-order valence-corrected chi connectivity index (χ0v) is 15.2. The molecule has 0 unspecified atom stereocenters. The third-order valence-corrected chi connectivity index (χ3v) is 4.24. The van der Waals surface area contributed by atoms with Gasteiger partial charge in [0.05, 0.1) is 6.54 Å². The summed E-state index contributed by atoms with van der Waals surface area (Å²) in [6.07, 6.45) is -3.70. The van der Waals surface area contributed by atoms with E-state index in [9.17, 15) is 18.0 Å². The van der Waals surface area contributed by atoms with Crippen LogP contribution in [0, 0.1) is 0 Å². The molecule has 26 heavy (non-hydrogen) atoms. The van der Waals surface area contributed by atoms with E-state index in [1.807, 2.05) is 0 Å². The van der Waals surface area contributed by atoms with Crippen LogP contribution in [0.5, 0.6) is 0 Å². The summed E-state index contributed by atoms with van der Waals surface area (Å²) in [5.41, 5.74) is 0.705. The van der Waals surface area contributed by atoms with Crippen LogP contribution in [0.4, 0.5) is 18.9 Å². The first-order valence-electron chi connectivity index (χ1n) is 8.46. The number of halogens is 4. The van der Waals surface area contributed by atoms with E-state index >= 15 is 0 Å². The standard InChI is InChI=1S/C17H23ClF3N3O2/c18-14-2-4-15(5-3-14)22-16(25)12-24-9-7-23(8-10-24)6-1-11-26-13-17(19,20)21/h2-5H,1,6-13H2,(H,22,25). The van der Waals surface area contributed by atoms with Crippen molar-refractivity contribution >= 4 is 23.2 Å². The van der Waals surface area contributed by atoms with E-state index in [-0.39, 0.29) is 12.5 Å². The smallest absolute Gasteiger partial charge is 0.372 e. The van der Waals surface area contributed by atoms with E-state index in [1.54, 1.807) is 24.3 Å².